The Morgan fingerprint density at radius 1 is 1.04 bits per heavy atom. The van der Waals surface area contributed by atoms with E-state index in [0.717, 1.165) is 24.2 Å². The van der Waals surface area contributed by atoms with E-state index in [4.69, 9.17) is 0 Å². The molecule has 0 fully saturated rings. The Balaban J connectivity index is 1.77. The smallest absolute Gasteiger partial charge is 0.254 e. The van der Waals surface area contributed by atoms with E-state index < -0.39 is 0 Å². The standard InChI is InChI=1S/C20H22N2O2/c1-14(2)19(23)21-18-9-8-15-10-11-22(13-17(15)12-18)20(24)16-6-4-3-5-7-16/h3-9,12,14H,10-11,13H2,1-2H3,(H,21,23). The molecule has 1 aliphatic heterocycles. The average Bonchev–Trinajstić information content (AvgIpc) is 2.61. The Bertz CT molecular complexity index is 753. The summed E-state index contributed by atoms with van der Waals surface area (Å²) in [5.74, 6) is -0.00182. The third-order valence-electron chi connectivity index (χ3n) is 4.32. The van der Waals surface area contributed by atoms with Gasteiger partial charge in [-0.3, -0.25) is 9.59 Å². The first kappa shape index (κ1) is 16.2. The minimum Gasteiger partial charge on any atom is -0.334 e. The number of carbonyl (C=O) groups is 2. The number of hydrogen-bond donors (Lipinski definition) is 1. The Kier molecular flexibility index (Phi) is 4.65. The highest BCUT2D eigenvalue weighted by Gasteiger charge is 2.22. The lowest BCUT2D eigenvalue weighted by molar-refractivity contribution is -0.118. The van der Waals surface area contributed by atoms with Gasteiger partial charge in [-0.2, -0.15) is 0 Å². The van der Waals surface area contributed by atoms with E-state index in [1.54, 1.807) is 0 Å². The van der Waals surface area contributed by atoms with Crippen LogP contribution >= 0.6 is 0 Å². The first-order valence-corrected chi connectivity index (χ1v) is 8.31. The van der Waals surface area contributed by atoms with Crippen LogP contribution in [0.4, 0.5) is 5.69 Å². The van der Waals surface area contributed by atoms with Crippen molar-refractivity contribution in [3.8, 4) is 0 Å². The predicted octanol–water partition coefficient (Wildman–Crippen LogP) is 3.48. The molecule has 1 aliphatic rings. The van der Waals surface area contributed by atoms with Gasteiger partial charge in [-0.25, -0.2) is 0 Å². The molecule has 124 valence electrons. The number of anilines is 1. The second kappa shape index (κ2) is 6.87. The van der Waals surface area contributed by atoms with Crippen LogP contribution in [-0.2, 0) is 17.8 Å². The highest BCUT2D eigenvalue weighted by atomic mass is 16.2. The number of benzene rings is 2. The minimum atomic E-state index is -0.0582. The molecule has 0 unspecified atom stereocenters. The molecule has 2 aromatic carbocycles. The van der Waals surface area contributed by atoms with Gasteiger partial charge < -0.3 is 10.2 Å². The van der Waals surface area contributed by atoms with Crippen molar-refractivity contribution < 1.29 is 9.59 Å². The fraction of sp³-hybridized carbons (Fsp3) is 0.300. The van der Waals surface area contributed by atoms with Crippen LogP contribution in [0.5, 0.6) is 0 Å². The fourth-order valence-electron chi connectivity index (χ4n) is 2.86. The van der Waals surface area contributed by atoms with Crippen molar-refractivity contribution in [1.29, 1.82) is 0 Å². The molecule has 4 nitrogen and oxygen atoms in total. The third kappa shape index (κ3) is 3.48. The average molecular weight is 322 g/mol. The largest absolute Gasteiger partial charge is 0.334 e. The Labute approximate surface area is 142 Å². The summed E-state index contributed by atoms with van der Waals surface area (Å²) in [5.41, 5.74) is 3.86. The second-order valence-corrected chi connectivity index (χ2v) is 6.47. The highest BCUT2D eigenvalue weighted by molar-refractivity contribution is 5.94. The number of carbonyl (C=O) groups excluding carboxylic acids is 2. The lowest BCUT2D eigenvalue weighted by Gasteiger charge is -2.29. The molecule has 0 aliphatic carbocycles. The van der Waals surface area contributed by atoms with E-state index in [1.165, 1.54) is 5.56 Å². The van der Waals surface area contributed by atoms with E-state index in [2.05, 4.69) is 11.4 Å². The maximum absolute atomic E-state index is 12.6. The number of nitrogens with one attached hydrogen (secondary N) is 1. The number of fused-ring (bicyclic) bond motifs is 1. The Morgan fingerprint density at radius 2 is 1.79 bits per heavy atom. The lowest BCUT2D eigenvalue weighted by atomic mass is 9.98. The second-order valence-electron chi connectivity index (χ2n) is 6.47. The molecule has 3 rings (SSSR count). The molecule has 0 aromatic heterocycles. The zero-order valence-electron chi connectivity index (χ0n) is 14.1. The van der Waals surface area contributed by atoms with Crippen LogP contribution < -0.4 is 5.32 Å². The van der Waals surface area contributed by atoms with Gasteiger partial charge in [-0.1, -0.05) is 38.1 Å². The van der Waals surface area contributed by atoms with Crippen molar-refractivity contribution in [3.05, 3.63) is 65.2 Å². The van der Waals surface area contributed by atoms with Gasteiger partial charge in [-0.05, 0) is 41.8 Å². The zero-order chi connectivity index (χ0) is 17.1. The minimum absolute atomic E-state index is 0.00276. The summed E-state index contributed by atoms with van der Waals surface area (Å²) in [4.78, 5) is 26.3. The molecule has 0 saturated carbocycles. The highest BCUT2D eigenvalue weighted by Crippen LogP contribution is 2.24. The number of amides is 2. The van der Waals surface area contributed by atoms with Crippen molar-refractivity contribution in [1.82, 2.24) is 4.90 Å². The molecule has 2 aromatic rings. The number of rotatable bonds is 3. The molecule has 1 heterocycles. The zero-order valence-corrected chi connectivity index (χ0v) is 14.1. The molecule has 2 amide bonds. The van der Waals surface area contributed by atoms with Gasteiger partial charge in [0.25, 0.3) is 5.91 Å². The summed E-state index contributed by atoms with van der Waals surface area (Å²) in [6.07, 6.45) is 0.840. The summed E-state index contributed by atoms with van der Waals surface area (Å²) in [5, 5.41) is 2.92. The first-order chi connectivity index (χ1) is 11.5. The first-order valence-electron chi connectivity index (χ1n) is 8.31. The lowest BCUT2D eigenvalue weighted by Crippen LogP contribution is -2.36. The van der Waals surface area contributed by atoms with Gasteiger partial charge >= 0.3 is 0 Å². The fourth-order valence-corrected chi connectivity index (χ4v) is 2.86. The van der Waals surface area contributed by atoms with Crippen molar-refractivity contribution in [2.24, 2.45) is 5.92 Å². The van der Waals surface area contributed by atoms with Gasteiger partial charge in [-0.15, -0.1) is 0 Å². The Morgan fingerprint density at radius 3 is 2.50 bits per heavy atom. The van der Waals surface area contributed by atoms with Gasteiger partial charge in [0.05, 0.1) is 0 Å². The van der Waals surface area contributed by atoms with Crippen LogP contribution in [0.25, 0.3) is 0 Å². The predicted molar refractivity (Wildman–Crippen MR) is 94.8 cm³/mol. The normalized spacial score (nSPS) is 13.5. The van der Waals surface area contributed by atoms with Crippen LogP contribution in [0.2, 0.25) is 0 Å². The van der Waals surface area contributed by atoms with Crippen molar-refractivity contribution >= 4 is 17.5 Å². The molecule has 0 saturated heterocycles. The van der Waals surface area contributed by atoms with Gasteiger partial charge in [0.2, 0.25) is 5.91 Å². The third-order valence-corrected chi connectivity index (χ3v) is 4.32. The van der Waals surface area contributed by atoms with Crippen LogP contribution in [0.3, 0.4) is 0 Å². The summed E-state index contributed by atoms with van der Waals surface area (Å²) >= 11 is 0. The van der Waals surface area contributed by atoms with Crippen molar-refractivity contribution in [3.63, 3.8) is 0 Å². The molecule has 24 heavy (non-hydrogen) atoms. The molecule has 0 spiro atoms. The summed E-state index contributed by atoms with van der Waals surface area (Å²) in [6, 6.07) is 15.3. The van der Waals surface area contributed by atoms with Gasteiger partial charge in [0.1, 0.15) is 0 Å². The summed E-state index contributed by atoms with van der Waals surface area (Å²) in [6.45, 7) is 5.04. The van der Waals surface area contributed by atoms with Crippen LogP contribution in [0.1, 0.15) is 35.3 Å². The molecule has 4 heteroatoms. The van der Waals surface area contributed by atoms with Crippen LogP contribution in [-0.4, -0.2) is 23.3 Å². The number of hydrogen-bond acceptors (Lipinski definition) is 2. The van der Waals surface area contributed by atoms with Crippen molar-refractivity contribution in [2.45, 2.75) is 26.8 Å². The quantitative estimate of drug-likeness (QED) is 0.940. The maximum atomic E-state index is 12.6. The summed E-state index contributed by atoms with van der Waals surface area (Å²) < 4.78 is 0. The maximum Gasteiger partial charge on any atom is 0.254 e. The van der Waals surface area contributed by atoms with Gasteiger partial charge in [0.15, 0.2) is 0 Å². The molecule has 0 bridgehead atoms. The SMILES string of the molecule is CC(C)C(=O)Nc1ccc2c(c1)CN(C(=O)c1ccccc1)CC2. The van der Waals surface area contributed by atoms with E-state index in [9.17, 15) is 9.59 Å². The summed E-state index contributed by atoms with van der Waals surface area (Å²) in [7, 11) is 0. The van der Waals surface area contributed by atoms with Gasteiger partial charge in [0, 0.05) is 30.3 Å². The monoisotopic (exact) mass is 322 g/mol. The molecular formula is C20H22N2O2. The molecule has 0 radical (unpaired) electrons. The van der Waals surface area contributed by atoms with E-state index in [1.807, 2.05) is 61.2 Å². The molecular weight excluding hydrogens is 300 g/mol. The number of nitrogens with zero attached hydrogens (tertiary/aromatic N) is 1. The molecule has 1 N–H and O–H groups in total. The topological polar surface area (TPSA) is 49.4 Å². The van der Waals surface area contributed by atoms with Crippen LogP contribution in [0, 0.1) is 5.92 Å². The Hall–Kier alpha value is -2.62. The van der Waals surface area contributed by atoms with Crippen LogP contribution in [0.15, 0.2) is 48.5 Å². The van der Waals surface area contributed by atoms with E-state index in [0.29, 0.717) is 12.1 Å². The van der Waals surface area contributed by atoms with E-state index >= 15 is 0 Å². The van der Waals surface area contributed by atoms with E-state index in [-0.39, 0.29) is 17.7 Å². The molecule has 0 atom stereocenters. The van der Waals surface area contributed by atoms with Crippen molar-refractivity contribution in [2.75, 3.05) is 11.9 Å².